The van der Waals surface area contributed by atoms with Gasteiger partial charge < -0.3 is 14.2 Å². The highest BCUT2D eigenvalue weighted by Gasteiger charge is 2.35. The van der Waals surface area contributed by atoms with Gasteiger partial charge in [0.2, 0.25) is 17.7 Å². The highest BCUT2D eigenvalue weighted by Crippen LogP contribution is 2.36. The molecule has 202 valence electrons. The van der Waals surface area contributed by atoms with E-state index in [4.69, 9.17) is 25.8 Å². The minimum atomic E-state index is -3.97. The first kappa shape index (κ1) is 28.5. The number of rotatable bonds is 11. The summed E-state index contributed by atoms with van der Waals surface area (Å²) in [7, 11) is 0.146. The predicted octanol–water partition coefficient (Wildman–Crippen LogP) is 1.83. The molecular formula is C22H30ClN7O6S. The number of aliphatic imine (C=N–C) groups is 1. The number of hydrogen-bond acceptors (Lipinski definition) is 11. The Morgan fingerprint density at radius 3 is 2.19 bits per heavy atom. The van der Waals surface area contributed by atoms with Crippen molar-refractivity contribution in [2.45, 2.75) is 38.0 Å². The number of carbonyl (C=O) groups excluding carboxylic acids is 1. The first-order chi connectivity index (χ1) is 17.6. The fourth-order valence-corrected chi connectivity index (χ4v) is 5.01. The summed E-state index contributed by atoms with van der Waals surface area (Å²) < 4.78 is 42.9. The summed E-state index contributed by atoms with van der Waals surface area (Å²) in [4.78, 5) is 33.2. The van der Waals surface area contributed by atoms with Crippen molar-refractivity contribution in [2.24, 2.45) is 16.8 Å². The Bertz CT molecular complexity index is 1200. The number of sulfone groups is 1. The van der Waals surface area contributed by atoms with Crippen LogP contribution in [-0.4, -0.2) is 72.4 Å². The molecule has 1 fully saturated rings. The van der Waals surface area contributed by atoms with Crippen molar-refractivity contribution in [1.29, 1.82) is 0 Å². The number of halogens is 1. The molecule has 0 unspecified atom stereocenters. The number of hydrogen-bond donors (Lipinski definition) is 2. The lowest BCUT2D eigenvalue weighted by Gasteiger charge is -2.22. The second-order valence-corrected chi connectivity index (χ2v) is 11.3. The third-order valence-electron chi connectivity index (χ3n) is 5.94. The van der Waals surface area contributed by atoms with E-state index >= 15 is 0 Å². The molecule has 3 rings (SSSR count). The molecule has 1 aliphatic rings. The zero-order chi connectivity index (χ0) is 27.2. The van der Waals surface area contributed by atoms with Crippen LogP contribution in [0.2, 0.25) is 5.02 Å². The minimum Gasteiger partial charge on any atom is -0.479 e. The van der Waals surface area contributed by atoms with Crippen molar-refractivity contribution in [2.75, 3.05) is 27.1 Å². The molecule has 2 N–H and O–H groups in total. The Kier molecular flexibility index (Phi) is 9.56. The lowest BCUT2D eigenvalue weighted by atomic mass is 10.1. The largest absolute Gasteiger partial charge is 0.479 e. The van der Waals surface area contributed by atoms with Crippen molar-refractivity contribution in [1.82, 2.24) is 30.8 Å². The Hall–Kier alpha value is -3.10. The second kappa shape index (κ2) is 12.4. The number of amidine groups is 1. The Balaban J connectivity index is 1.92. The molecule has 1 amide bonds. The summed E-state index contributed by atoms with van der Waals surface area (Å²) in [5.74, 6) is -0.683. The van der Waals surface area contributed by atoms with Gasteiger partial charge >= 0.3 is 0 Å². The highest BCUT2D eigenvalue weighted by atomic mass is 35.5. The van der Waals surface area contributed by atoms with Crippen LogP contribution in [0.3, 0.4) is 0 Å². The predicted molar refractivity (Wildman–Crippen MR) is 135 cm³/mol. The molecule has 37 heavy (non-hydrogen) atoms. The summed E-state index contributed by atoms with van der Waals surface area (Å²) in [5, 5.41) is -0.792. The number of amides is 1. The number of hydrazine groups is 1. The lowest BCUT2D eigenvalue weighted by Crippen LogP contribution is -2.47. The van der Waals surface area contributed by atoms with E-state index in [1.807, 2.05) is 6.92 Å². The van der Waals surface area contributed by atoms with E-state index in [9.17, 15) is 13.2 Å². The van der Waals surface area contributed by atoms with E-state index in [1.165, 1.54) is 47.0 Å². The molecule has 1 aliphatic carbocycles. The van der Waals surface area contributed by atoms with Crippen LogP contribution in [0.5, 0.6) is 11.8 Å². The Labute approximate surface area is 220 Å². The Morgan fingerprint density at radius 1 is 1.08 bits per heavy atom. The number of ether oxygens (including phenoxy) is 3. The maximum atomic E-state index is 13.5. The molecule has 0 bridgehead atoms. The van der Waals surface area contributed by atoms with Gasteiger partial charge in [-0.05, 0) is 25.7 Å². The second-order valence-electron chi connectivity index (χ2n) is 8.47. The maximum Gasteiger partial charge on any atom is 0.246 e. The lowest BCUT2D eigenvalue weighted by molar-refractivity contribution is -0.125. The van der Waals surface area contributed by atoms with Crippen molar-refractivity contribution in [3.05, 3.63) is 29.6 Å². The molecule has 13 nitrogen and oxygen atoms in total. The SMILES string of the molecule is COc1ncnc(OC)c1N=C(CS(=O)(=O)[C@@H](C)[C@H](OC)c1ncc(Cl)cn1)NNC(=O)[C@H](C)C1CC1. The van der Waals surface area contributed by atoms with E-state index in [-0.39, 0.29) is 40.9 Å². The molecule has 0 spiro atoms. The number of carbonyl (C=O) groups is 1. The zero-order valence-corrected chi connectivity index (χ0v) is 22.7. The van der Waals surface area contributed by atoms with Crippen molar-refractivity contribution in [3.63, 3.8) is 0 Å². The van der Waals surface area contributed by atoms with Gasteiger partial charge in [0, 0.05) is 25.4 Å². The monoisotopic (exact) mass is 555 g/mol. The van der Waals surface area contributed by atoms with Gasteiger partial charge in [-0.3, -0.25) is 15.6 Å². The molecule has 3 atom stereocenters. The minimum absolute atomic E-state index is 0.0478. The number of nitrogens with one attached hydrogen (secondary N) is 2. The maximum absolute atomic E-state index is 13.5. The molecule has 0 aromatic carbocycles. The molecule has 0 saturated heterocycles. The molecule has 2 aromatic heterocycles. The highest BCUT2D eigenvalue weighted by molar-refractivity contribution is 7.92. The van der Waals surface area contributed by atoms with E-state index in [1.54, 1.807) is 0 Å². The van der Waals surface area contributed by atoms with Crippen LogP contribution in [0.15, 0.2) is 23.7 Å². The van der Waals surface area contributed by atoms with E-state index < -0.39 is 26.9 Å². The van der Waals surface area contributed by atoms with Gasteiger partial charge in [0.25, 0.3) is 0 Å². The number of aromatic nitrogens is 4. The van der Waals surface area contributed by atoms with Gasteiger partial charge in [-0.1, -0.05) is 18.5 Å². The number of methoxy groups -OCH3 is 3. The fourth-order valence-electron chi connectivity index (χ4n) is 3.52. The van der Waals surface area contributed by atoms with Gasteiger partial charge in [0.05, 0.1) is 24.5 Å². The van der Waals surface area contributed by atoms with Crippen LogP contribution in [0.1, 0.15) is 38.6 Å². The fraction of sp³-hybridized carbons (Fsp3) is 0.545. The third-order valence-corrected chi connectivity index (χ3v) is 8.19. The van der Waals surface area contributed by atoms with Crippen molar-refractivity contribution in [3.8, 4) is 11.8 Å². The van der Waals surface area contributed by atoms with Crippen molar-refractivity contribution < 1.29 is 27.4 Å². The van der Waals surface area contributed by atoms with Gasteiger partial charge in [-0.2, -0.15) is 9.97 Å². The summed E-state index contributed by atoms with van der Waals surface area (Å²) in [6, 6.07) is 0. The summed E-state index contributed by atoms with van der Waals surface area (Å²) in [5.41, 5.74) is 5.28. The van der Waals surface area contributed by atoms with Crippen LogP contribution in [0, 0.1) is 11.8 Å². The molecular weight excluding hydrogens is 526 g/mol. The van der Waals surface area contributed by atoms with Crippen LogP contribution in [0.4, 0.5) is 5.69 Å². The van der Waals surface area contributed by atoms with Crippen LogP contribution >= 0.6 is 11.6 Å². The summed E-state index contributed by atoms with van der Waals surface area (Å²) in [6.07, 6.45) is 4.89. The standard InChI is InChI=1S/C22H30ClN7O6S/c1-12(14-6-7-14)20(31)30-29-16(28-17-21(35-4)26-11-27-22(17)36-5)10-37(32,33)13(2)18(34-3)19-24-8-15(23)9-25-19/h8-9,11-14,18H,6-7,10H2,1-5H3,(H,28,29)(H,30,31)/t12-,13+,18+/m1/s1. The smallest absolute Gasteiger partial charge is 0.246 e. The van der Waals surface area contributed by atoms with Crippen LogP contribution in [0.25, 0.3) is 0 Å². The first-order valence-corrected chi connectivity index (χ1v) is 13.5. The zero-order valence-electron chi connectivity index (χ0n) is 21.1. The third kappa shape index (κ3) is 7.23. The number of nitrogens with zero attached hydrogens (tertiary/aromatic N) is 5. The molecule has 1 saturated carbocycles. The molecule has 2 aromatic rings. The average Bonchev–Trinajstić information content (AvgIpc) is 3.73. The average molecular weight is 556 g/mol. The van der Waals surface area contributed by atoms with Gasteiger partial charge in [-0.15, -0.1) is 0 Å². The van der Waals surface area contributed by atoms with Gasteiger partial charge in [0.1, 0.15) is 24.0 Å². The summed E-state index contributed by atoms with van der Waals surface area (Å²) in [6.45, 7) is 3.29. The normalized spacial score (nSPS) is 16.4. The quantitative estimate of drug-likeness (QED) is 0.236. The molecule has 0 radical (unpaired) electrons. The van der Waals surface area contributed by atoms with E-state index in [0.717, 1.165) is 12.8 Å². The topological polar surface area (TPSA) is 167 Å². The van der Waals surface area contributed by atoms with Crippen molar-refractivity contribution >= 4 is 38.9 Å². The summed E-state index contributed by atoms with van der Waals surface area (Å²) >= 11 is 5.86. The molecule has 15 heteroatoms. The van der Waals surface area contributed by atoms with Crippen LogP contribution < -0.4 is 20.3 Å². The molecule has 2 heterocycles. The van der Waals surface area contributed by atoms with Gasteiger partial charge in [-0.25, -0.2) is 23.4 Å². The van der Waals surface area contributed by atoms with E-state index in [2.05, 4.69) is 35.8 Å². The molecule has 0 aliphatic heterocycles. The van der Waals surface area contributed by atoms with E-state index in [0.29, 0.717) is 10.9 Å². The van der Waals surface area contributed by atoms with Crippen LogP contribution in [-0.2, 0) is 19.4 Å². The van der Waals surface area contributed by atoms with Gasteiger partial charge in [0.15, 0.2) is 21.3 Å². The Morgan fingerprint density at radius 2 is 1.68 bits per heavy atom. The first-order valence-electron chi connectivity index (χ1n) is 11.4.